The fourth-order valence-corrected chi connectivity index (χ4v) is 3.46. The predicted octanol–water partition coefficient (Wildman–Crippen LogP) is 4.32. The highest BCUT2D eigenvalue weighted by Gasteiger charge is 2.18. The van der Waals surface area contributed by atoms with Crippen LogP contribution >= 0.6 is 11.6 Å². The Hall–Kier alpha value is -1.35. The predicted molar refractivity (Wildman–Crippen MR) is 94.4 cm³/mol. The van der Waals surface area contributed by atoms with Gasteiger partial charge in [0, 0.05) is 23.7 Å². The number of nitrogens with one attached hydrogen (secondary N) is 2. The van der Waals surface area contributed by atoms with Crippen LogP contribution in [-0.4, -0.2) is 13.1 Å². The summed E-state index contributed by atoms with van der Waals surface area (Å²) in [6.45, 7) is 6.43. The van der Waals surface area contributed by atoms with Crippen molar-refractivity contribution in [3.05, 3.63) is 58.1 Å². The largest absolute Gasteiger partial charge is 0.297 e. The Morgan fingerprint density at radius 1 is 1.00 bits per heavy atom. The highest BCUT2D eigenvalue weighted by atomic mass is 35.5. The first-order chi connectivity index (χ1) is 10.7. The van der Waals surface area contributed by atoms with Crippen LogP contribution in [0.15, 0.2) is 36.4 Å². The number of hydrogen-bond acceptors (Lipinski definition) is 2. The molecule has 2 aromatic rings. The third kappa shape index (κ3) is 2.91. The summed E-state index contributed by atoms with van der Waals surface area (Å²) in [6, 6.07) is 13.0. The van der Waals surface area contributed by atoms with Crippen molar-refractivity contribution >= 4 is 11.6 Å². The van der Waals surface area contributed by atoms with Crippen LogP contribution in [0.4, 0.5) is 0 Å². The van der Waals surface area contributed by atoms with Gasteiger partial charge in [0.2, 0.25) is 0 Å². The van der Waals surface area contributed by atoms with Crippen LogP contribution in [0.1, 0.15) is 36.7 Å². The van der Waals surface area contributed by atoms with Gasteiger partial charge in [-0.1, -0.05) is 49.7 Å². The number of aryl methyl sites for hydroxylation is 2. The Balaban J connectivity index is 2.13. The topological polar surface area (TPSA) is 24.1 Å². The van der Waals surface area contributed by atoms with Crippen molar-refractivity contribution in [1.29, 1.82) is 0 Å². The van der Waals surface area contributed by atoms with Gasteiger partial charge in [-0.25, -0.2) is 0 Å². The lowest BCUT2D eigenvalue weighted by Gasteiger charge is -2.18. The zero-order valence-corrected chi connectivity index (χ0v) is 14.0. The van der Waals surface area contributed by atoms with Crippen molar-refractivity contribution in [1.82, 2.24) is 10.6 Å². The van der Waals surface area contributed by atoms with Crippen molar-refractivity contribution in [3.8, 4) is 11.1 Å². The van der Waals surface area contributed by atoms with Crippen LogP contribution in [0.25, 0.3) is 11.1 Å². The summed E-state index contributed by atoms with van der Waals surface area (Å²) in [5.41, 5.74) is 6.46. The van der Waals surface area contributed by atoms with Crippen molar-refractivity contribution in [2.45, 2.75) is 32.9 Å². The second-order valence-electron chi connectivity index (χ2n) is 5.74. The minimum atomic E-state index is 0.231. The third-order valence-electron chi connectivity index (χ3n) is 4.41. The molecule has 0 radical (unpaired) electrons. The van der Waals surface area contributed by atoms with E-state index in [0.29, 0.717) is 0 Å². The van der Waals surface area contributed by atoms with Gasteiger partial charge in [0.05, 0.1) is 6.17 Å². The lowest BCUT2D eigenvalue weighted by atomic mass is 9.90. The van der Waals surface area contributed by atoms with Crippen LogP contribution in [0.3, 0.4) is 0 Å². The quantitative estimate of drug-likeness (QED) is 0.878. The van der Waals surface area contributed by atoms with Gasteiger partial charge in [-0.2, -0.15) is 0 Å². The van der Waals surface area contributed by atoms with Crippen LogP contribution in [0.2, 0.25) is 5.02 Å². The monoisotopic (exact) mass is 314 g/mol. The zero-order chi connectivity index (χ0) is 15.5. The molecule has 0 saturated carbocycles. The van der Waals surface area contributed by atoms with E-state index < -0.39 is 0 Å². The first kappa shape index (κ1) is 15.5. The molecule has 3 rings (SSSR count). The molecule has 1 saturated heterocycles. The molecule has 0 spiro atoms. The Morgan fingerprint density at radius 3 is 2.23 bits per heavy atom. The van der Waals surface area contributed by atoms with Gasteiger partial charge in [-0.05, 0) is 47.2 Å². The van der Waals surface area contributed by atoms with Crippen molar-refractivity contribution < 1.29 is 0 Å². The molecule has 1 aliphatic heterocycles. The second-order valence-corrected chi connectivity index (χ2v) is 6.15. The van der Waals surface area contributed by atoms with Gasteiger partial charge in [0.25, 0.3) is 0 Å². The van der Waals surface area contributed by atoms with E-state index in [1.807, 2.05) is 6.07 Å². The standard InChI is InChI=1S/C19H23ClN2/c1-3-13-6-5-7-14(4-2)18(13)16-12-15(8-9-17(16)20)19-21-10-11-22-19/h5-9,12,19,21-22H,3-4,10-11H2,1-2H3. The Morgan fingerprint density at radius 2 is 1.64 bits per heavy atom. The first-order valence-corrected chi connectivity index (χ1v) is 8.49. The van der Waals surface area contributed by atoms with E-state index in [2.05, 4.69) is 54.8 Å². The fraction of sp³-hybridized carbons (Fsp3) is 0.368. The zero-order valence-electron chi connectivity index (χ0n) is 13.2. The maximum atomic E-state index is 6.55. The highest BCUT2D eigenvalue weighted by molar-refractivity contribution is 6.33. The molecule has 1 aliphatic rings. The number of benzene rings is 2. The number of halogens is 1. The normalized spacial score (nSPS) is 15.4. The first-order valence-electron chi connectivity index (χ1n) is 8.12. The van der Waals surface area contributed by atoms with Crippen molar-refractivity contribution in [2.24, 2.45) is 0 Å². The highest BCUT2D eigenvalue weighted by Crippen LogP contribution is 2.35. The van der Waals surface area contributed by atoms with Crippen molar-refractivity contribution in [2.75, 3.05) is 13.1 Å². The molecule has 2 nitrogen and oxygen atoms in total. The van der Waals surface area contributed by atoms with E-state index in [-0.39, 0.29) is 6.17 Å². The molecule has 0 atom stereocenters. The van der Waals surface area contributed by atoms with E-state index in [1.54, 1.807) is 0 Å². The molecule has 1 fully saturated rings. The lowest BCUT2D eigenvalue weighted by molar-refractivity contribution is 0.588. The Kier molecular flexibility index (Phi) is 4.82. The second kappa shape index (κ2) is 6.82. The molecule has 0 aromatic heterocycles. The van der Waals surface area contributed by atoms with Gasteiger partial charge in [0.15, 0.2) is 0 Å². The Bertz CT molecular complexity index is 638. The third-order valence-corrected chi connectivity index (χ3v) is 4.74. The molecule has 116 valence electrons. The van der Waals surface area contributed by atoms with Gasteiger partial charge < -0.3 is 0 Å². The van der Waals surface area contributed by atoms with Gasteiger partial charge in [-0.3, -0.25) is 10.6 Å². The van der Waals surface area contributed by atoms with Gasteiger partial charge in [0.1, 0.15) is 0 Å². The molecule has 22 heavy (non-hydrogen) atoms. The summed E-state index contributed by atoms with van der Waals surface area (Å²) in [4.78, 5) is 0. The van der Waals surface area contributed by atoms with Crippen LogP contribution in [0, 0.1) is 0 Å². The fourth-order valence-electron chi connectivity index (χ4n) is 3.24. The summed E-state index contributed by atoms with van der Waals surface area (Å²) in [5, 5.41) is 7.78. The number of rotatable bonds is 4. The van der Waals surface area contributed by atoms with E-state index in [4.69, 9.17) is 11.6 Å². The van der Waals surface area contributed by atoms with E-state index >= 15 is 0 Å². The minimum Gasteiger partial charge on any atom is -0.297 e. The molecule has 0 aliphatic carbocycles. The average Bonchev–Trinajstić information content (AvgIpc) is 3.09. The molecule has 1 heterocycles. The van der Waals surface area contributed by atoms with Crippen molar-refractivity contribution in [3.63, 3.8) is 0 Å². The molecule has 0 unspecified atom stereocenters. The summed E-state index contributed by atoms with van der Waals surface area (Å²) in [5.74, 6) is 0. The van der Waals surface area contributed by atoms with E-state index in [1.165, 1.54) is 22.3 Å². The molecule has 2 N–H and O–H groups in total. The van der Waals surface area contributed by atoms with E-state index in [0.717, 1.165) is 36.5 Å². The number of hydrogen-bond donors (Lipinski definition) is 2. The summed E-state index contributed by atoms with van der Waals surface area (Å²) >= 11 is 6.55. The van der Waals surface area contributed by atoms with Gasteiger partial charge >= 0.3 is 0 Å². The molecular weight excluding hydrogens is 292 g/mol. The SMILES string of the molecule is CCc1cccc(CC)c1-c1cc(C2NCCN2)ccc1Cl. The Labute approximate surface area is 137 Å². The molecule has 0 amide bonds. The minimum absolute atomic E-state index is 0.231. The average molecular weight is 315 g/mol. The maximum absolute atomic E-state index is 6.55. The summed E-state index contributed by atoms with van der Waals surface area (Å²) < 4.78 is 0. The lowest BCUT2D eigenvalue weighted by Crippen LogP contribution is -2.21. The van der Waals surface area contributed by atoms with E-state index in [9.17, 15) is 0 Å². The summed E-state index contributed by atoms with van der Waals surface area (Å²) in [6.07, 6.45) is 2.27. The molecule has 0 bridgehead atoms. The molecule has 3 heteroatoms. The smallest absolute Gasteiger partial charge is 0.0836 e. The molecule has 2 aromatic carbocycles. The summed E-state index contributed by atoms with van der Waals surface area (Å²) in [7, 11) is 0. The van der Waals surface area contributed by atoms with Crippen LogP contribution < -0.4 is 10.6 Å². The molecular formula is C19H23ClN2. The van der Waals surface area contributed by atoms with Crippen LogP contribution in [-0.2, 0) is 12.8 Å². The maximum Gasteiger partial charge on any atom is 0.0836 e. The van der Waals surface area contributed by atoms with Crippen LogP contribution in [0.5, 0.6) is 0 Å². The van der Waals surface area contributed by atoms with Gasteiger partial charge in [-0.15, -0.1) is 0 Å².